The number of nitrogens with one attached hydrogen (secondary N) is 1. The highest BCUT2D eigenvalue weighted by Crippen LogP contribution is 2.14. The summed E-state index contributed by atoms with van der Waals surface area (Å²) in [5.41, 5.74) is 6.33. The Balaban J connectivity index is 1.89. The van der Waals surface area contributed by atoms with Gasteiger partial charge < -0.3 is 11.1 Å². The van der Waals surface area contributed by atoms with Crippen molar-refractivity contribution in [2.75, 3.05) is 6.54 Å². The maximum absolute atomic E-state index is 12.1. The number of carbonyl (C=O) groups is 2. The van der Waals surface area contributed by atoms with Gasteiger partial charge in [0, 0.05) is 17.7 Å². The van der Waals surface area contributed by atoms with E-state index in [1.165, 1.54) is 11.2 Å². The van der Waals surface area contributed by atoms with Crippen LogP contribution in [0.4, 0.5) is 0 Å². The molecule has 0 aliphatic carbocycles. The van der Waals surface area contributed by atoms with Gasteiger partial charge in [-0.05, 0) is 29.7 Å². The molecule has 1 aromatic carbocycles. The van der Waals surface area contributed by atoms with Crippen LogP contribution in [0.3, 0.4) is 0 Å². The largest absolute Gasteiger partial charge is 0.366 e. The van der Waals surface area contributed by atoms with Crippen molar-refractivity contribution in [3.8, 4) is 11.4 Å². The Labute approximate surface area is 153 Å². The molecule has 0 bridgehead atoms. The van der Waals surface area contributed by atoms with Gasteiger partial charge in [-0.25, -0.2) is 0 Å². The zero-order valence-corrected chi connectivity index (χ0v) is 15.3. The molecule has 0 unspecified atom stereocenters. The van der Waals surface area contributed by atoms with E-state index in [1.807, 2.05) is 0 Å². The standard InChI is InChI=1S/C18H26N6O2/c1-3-5-6-13(4-2)11-20-16(25)12-24-22-18(21-23-24)15-9-7-14(8-10-15)17(19)26/h7-10,13H,3-6,11-12H2,1-2H3,(H2,19,26)(H,20,25)/t13-/m1/s1. The number of nitrogens with zero attached hydrogens (tertiary/aromatic N) is 4. The van der Waals surface area contributed by atoms with Crippen molar-refractivity contribution < 1.29 is 9.59 Å². The number of hydrogen-bond donors (Lipinski definition) is 2. The predicted octanol–water partition coefficient (Wildman–Crippen LogP) is 1.77. The quantitative estimate of drug-likeness (QED) is 0.671. The van der Waals surface area contributed by atoms with E-state index < -0.39 is 5.91 Å². The topological polar surface area (TPSA) is 116 Å². The first kappa shape index (κ1) is 19.6. The fourth-order valence-electron chi connectivity index (χ4n) is 2.60. The number of aromatic nitrogens is 4. The Kier molecular flexibility index (Phi) is 7.25. The third kappa shape index (κ3) is 5.65. The Hall–Kier alpha value is -2.77. The van der Waals surface area contributed by atoms with Gasteiger partial charge in [0.1, 0.15) is 6.54 Å². The van der Waals surface area contributed by atoms with E-state index in [-0.39, 0.29) is 12.5 Å². The molecule has 1 heterocycles. The number of tetrazole rings is 1. The van der Waals surface area contributed by atoms with Gasteiger partial charge in [0.05, 0.1) is 0 Å². The highest BCUT2D eigenvalue weighted by molar-refractivity contribution is 5.93. The highest BCUT2D eigenvalue weighted by atomic mass is 16.2. The van der Waals surface area contributed by atoms with Crippen LogP contribution in [0.2, 0.25) is 0 Å². The third-order valence-corrected chi connectivity index (χ3v) is 4.30. The van der Waals surface area contributed by atoms with Crippen LogP contribution in [-0.4, -0.2) is 38.6 Å². The van der Waals surface area contributed by atoms with Crippen LogP contribution in [0.1, 0.15) is 49.9 Å². The van der Waals surface area contributed by atoms with Crippen LogP contribution in [0.5, 0.6) is 0 Å². The molecule has 0 spiro atoms. The zero-order valence-electron chi connectivity index (χ0n) is 15.3. The first-order chi connectivity index (χ1) is 12.5. The summed E-state index contributed by atoms with van der Waals surface area (Å²) in [6.45, 7) is 5.00. The van der Waals surface area contributed by atoms with Crippen LogP contribution >= 0.6 is 0 Å². The summed E-state index contributed by atoms with van der Waals surface area (Å²) >= 11 is 0. The minimum atomic E-state index is -0.492. The molecular formula is C18H26N6O2. The molecular weight excluding hydrogens is 332 g/mol. The monoisotopic (exact) mass is 358 g/mol. The van der Waals surface area contributed by atoms with Crippen LogP contribution in [-0.2, 0) is 11.3 Å². The minimum Gasteiger partial charge on any atom is -0.366 e. The van der Waals surface area contributed by atoms with Crippen molar-refractivity contribution in [2.45, 2.75) is 46.1 Å². The maximum Gasteiger partial charge on any atom is 0.248 e. The second-order valence-corrected chi connectivity index (χ2v) is 6.31. The maximum atomic E-state index is 12.1. The molecule has 0 aliphatic rings. The van der Waals surface area contributed by atoms with Crippen LogP contribution < -0.4 is 11.1 Å². The fraction of sp³-hybridized carbons (Fsp3) is 0.500. The Morgan fingerprint density at radius 1 is 1.23 bits per heavy atom. The Morgan fingerprint density at radius 2 is 1.96 bits per heavy atom. The number of carbonyl (C=O) groups excluding carboxylic acids is 2. The van der Waals surface area contributed by atoms with E-state index in [2.05, 4.69) is 34.6 Å². The average molecular weight is 358 g/mol. The number of rotatable bonds is 10. The van der Waals surface area contributed by atoms with E-state index in [1.54, 1.807) is 24.3 Å². The van der Waals surface area contributed by atoms with Gasteiger partial charge in [-0.3, -0.25) is 9.59 Å². The second kappa shape index (κ2) is 9.65. The molecule has 1 atom stereocenters. The minimum absolute atomic E-state index is 0.0244. The van der Waals surface area contributed by atoms with Crippen molar-refractivity contribution in [1.82, 2.24) is 25.5 Å². The molecule has 26 heavy (non-hydrogen) atoms. The van der Waals surface area contributed by atoms with Gasteiger partial charge in [0.25, 0.3) is 0 Å². The normalized spacial score (nSPS) is 11.9. The molecule has 2 aromatic rings. The number of amides is 2. The molecule has 3 N–H and O–H groups in total. The molecule has 8 heteroatoms. The molecule has 0 radical (unpaired) electrons. The number of hydrogen-bond acceptors (Lipinski definition) is 5. The second-order valence-electron chi connectivity index (χ2n) is 6.31. The molecule has 0 saturated heterocycles. The van der Waals surface area contributed by atoms with Crippen molar-refractivity contribution in [3.63, 3.8) is 0 Å². The van der Waals surface area contributed by atoms with E-state index in [0.29, 0.717) is 29.4 Å². The van der Waals surface area contributed by atoms with Crippen LogP contribution in [0, 0.1) is 5.92 Å². The first-order valence-electron chi connectivity index (χ1n) is 8.98. The molecule has 2 amide bonds. The fourth-order valence-corrected chi connectivity index (χ4v) is 2.60. The summed E-state index contributed by atoms with van der Waals surface area (Å²) in [4.78, 5) is 24.4. The average Bonchev–Trinajstić information content (AvgIpc) is 3.10. The van der Waals surface area contributed by atoms with Gasteiger partial charge in [-0.1, -0.05) is 45.2 Å². The van der Waals surface area contributed by atoms with Crippen LogP contribution in [0.25, 0.3) is 11.4 Å². The molecule has 0 fully saturated rings. The summed E-state index contributed by atoms with van der Waals surface area (Å²) in [7, 11) is 0. The van der Waals surface area contributed by atoms with E-state index >= 15 is 0 Å². The van der Waals surface area contributed by atoms with Gasteiger partial charge >= 0.3 is 0 Å². The Morgan fingerprint density at radius 3 is 2.58 bits per heavy atom. The number of benzene rings is 1. The van der Waals surface area contributed by atoms with Gasteiger partial charge in [-0.2, -0.15) is 4.80 Å². The number of nitrogens with two attached hydrogens (primary N) is 1. The summed E-state index contributed by atoms with van der Waals surface area (Å²) in [5.74, 6) is 0.271. The lowest BCUT2D eigenvalue weighted by Crippen LogP contribution is -2.32. The summed E-state index contributed by atoms with van der Waals surface area (Å²) in [5, 5.41) is 15.0. The van der Waals surface area contributed by atoms with Gasteiger partial charge in [0.2, 0.25) is 17.6 Å². The summed E-state index contributed by atoms with van der Waals surface area (Å²) in [6.07, 6.45) is 4.51. The predicted molar refractivity (Wildman–Crippen MR) is 98.1 cm³/mol. The van der Waals surface area contributed by atoms with E-state index in [0.717, 1.165) is 19.3 Å². The molecule has 0 aliphatic heterocycles. The lowest BCUT2D eigenvalue weighted by Gasteiger charge is -2.14. The number of primary amides is 1. The molecule has 8 nitrogen and oxygen atoms in total. The smallest absolute Gasteiger partial charge is 0.248 e. The lowest BCUT2D eigenvalue weighted by atomic mass is 9.99. The molecule has 0 saturated carbocycles. The van der Waals surface area contributed by atoms with Crippen molar-refractivity contribution >= 4 is 11.8 Å². The molecule has 1 aromatic heterocycles. The zero-order chi connectivity index (χ0) is 18.9. The summed E-state index contributed by atoms with van der Waals surface area (Å²) in [6, 6.07) is 6.60. The van der Waals surface area contributed by atoms with Crippen molar-refractivity contribution in [3.05, 3.63) is 29.8 Å². The third-order valence-electron chi connectivity index (χ3n) is 4.30. The van der Waals surface area contributed by atoms with Gasteiger partial charge in [-0.15, -0.1) is 10.2 Å². The van der Waals surface area contributed by atoms with Gasteiger partial charge in [0.15, 0.2) is 0 Å². The van der Waals surface area contributed by atoms with Crippen LogP contribution in [0.15, 0.2) is 24.3 Å². The van der Waals surface area contributed by atoms with Crippen molar-refractivity contribution in [2.24, 2.45) is 11.7 Å². The SMILES string of the molecule is CCCC[C@@H](CC)CNC(=O)Cn1nnc(-c2ccc(C(N)=O)cc2)n1. The lowest BCUT2D eigenvalue weighted by molar-refractivity contribution is -0.122. The van der Waals surface area contributed by atoms with E-state index in [9.17, 15) is 9.59 Å². The molecule has 140 valence electrons. The number of unbranched alkanes of at least 4 members (excludes halogenated alkanes) is 1. The van der Waals surface area contributed by atoms with Crippen molar-refractivity contribution in [1.29, 1.82) is 0 Å². The van der Waals surface area contributed by atoms with E-state index in [4.69, 9.17) is 5.73 Å². The first-order valence-corrected chi connectivity index (χ1v) is 8.98. The highest BCUT2D eigenvalue weighted by Gasteiger charge is 2.12. The Bertz CT molecular complexity index is 726. The molecule has 2 rings (SSSR count). The summed E-state index contributed by atoms with van der Waals surface area (Å²) < 4.78 is 0.